The first-order valence-corrected chi connectivity index (χ1v) is 6.90. The van der Waals surface area contributed by atoms with Gasteiger partial charge in [0.2, 0.25) is 0 Å². The molecule has 22 heavy (non-hydrogen) atoms. The summed E-state index contributed by atoms with van der Waals surface area (Å²) in [4.78, 5) is 10.1. The molecule has 0 radical (unpaired) electrons. The maximum atomic E-state index is 10.5. The van der Waals surface area contributed by atoms with E-state index >= 15 is 0 Å². The van der Waals surface area contributed by atoms with Gasteiger partial charge in [-0.05, 0) is 45.8 Å². The number of benzene rings is 2. The molecule has 0 spiro atoms. The number of nitrogens with one attached hydrogen (secondary N) is 1. The highest BCUT2D eigenvalue weighted by Crippen LogP contribution is 2.34. The first kappa shape index (κ1) is 15.8. The fraction of sp³-hybridized carbons (Fsp3) is 0.0714. The Morgan fingerprint density at radius 2 is 2.05 bits per heavy atom. The number of hydrogen-bond donors (Lipinski definition) is 2. The predicted octanol–water partition coefficient (Wildman–Crippen LogP) is 3.52. The smallest absolute Gasteiger partial charge is 0.269 e. The second-order valence-corrected chi connectivity index (χ2v) is 5.08. The van der Waals surface area contributed by atoms with Crippen molar-refractivity contribution in [2.24, 2.45) is 5.10 Å². The highest BCUT2D eigenvalue weighted by Gasteiger charge is 2.07. The number of ether oxygens (including phenoxy) is 1. The van der Waals surface area contributed by atoms with Crippen LogP contribution in [0.3, 0.4) is 0 Å². The molecule has 114 valence electrons. The molecule has 0 aliphatic carbocycles. The lowest BCUT2D eigenvalue weighted by Crippen LogP contribution is -1.93. The second-order valence-electron chi connectivity index (χ2n) is 4.23. The Balaban J connectivity index is 2.08. The number of methoxy groups -OCH3 is 1. The minimum Gasteiger partial charge on any atom is -0.504 e. The summed E-state index contributed by atoms with van der Waals surface area (Å²) >= 11 is 3.29. The Labute approximate surface area is 134 Å². The Hall–Kier alpha value is -2.61. The van der Waals surface area contributed by atoms with E-state index in [1.165, 1.54) is 31.5 Å². The van der Waals surface area contributed by atoms with Gasteiger partial charge in [0, 0.05) is 12.1 Å². The Morgan fingerprint density at radius 1 is 1.36 bits per heavy atom. The normalized spacial score (nSPS) is 10.6. The van der Waals surface area contributed by atoms with Crippen molar-refractivity contribution in [3.8, 4) is 11.5 Å². The van der Waals surface area contributed by atoms with Crippen molar-refractivity contribution in [2.75, 3.05) is 12.5 Å². The minimum absolute atomic E-state index is 0.00587. The predicted molar refractivity (Wildman–Crippen MR) is 86.7 cm³/mol. The molecule has 0 aliphatic heterocycles. The summed E-state index contributed by atoms with van der Waals surface area (Å²) in [7, 11) is 1.46. The molecule has 0 aliphatic rings. The van der Waals surface area contributed by atoms with Crippen LogP contribution in [-0.2, 0) is 0 Å². The third-order valence-corrected chi connectivity index (χ3v) is 3.32. The van der Waals surface area contributed by atoms with E-state index in [0.29, 0.717) is 21.5 Å². The van der Waals surface area contributed by atoms with Crippen molar-refractivity contribution < 1.29 is 14.8 Å². The number of rotatable bonds is 5. The lowest BCUT2D eigenvalue weighted by atomic mass is 10.2. The van der Waals surface area contributed by atoms with Gasteiger partial charge in [-0.25, -0.2) is 0 Å². The van der Waals surface area contributed by atoms with Gasteiger partial charge in [-0.1, -0.05) is 0 Å². The van der Waals surface area contributed by atoms with Gasteiger partial charge in [0.1, 0.15) is 0 Å². The zero-order valence-electron chi connectivity index (χ0n) is 11.5. The van der Waals surface area contributed by atoms with Crippen molar-refractivity contribution >= 4 is 33.5 Å². The molecule has 2 aromatic rings. The summed E-state index contributed by atoms with van der Waals surface area (Å²) in [5, 5.41) is 24.3. The third-order valence-electron chi connectivity index (χ3n) is 2.74. The van der Waals surface area contributed by atoms with Crippen LogP contribution in [0.5, 0.6) is 11.5 Å². The van der Waals surface area contributed by atoms with Gasteiger partial charge in [-0.3, -0.25) is 15.5 Å². The summed E-state index contributed by atoms with van der Waals surface area (Å²) < 4.78 is 5.63. The molecule has 0 unspecified atom stereocenters. The zero-order valence-corrected chi connectivity index (χ0v) is 13.1. The third kappa shape index (κ3) is 3.73. The van der Waals surface area contributed by atoms with Crippen LogP contribution in [0, 0.1) is 10.1 Å². The second kappa shape index (κ2) is 6.90. The van der Waals surface area contributed by atoms with Crippen LogP contribution in [-0.4, -0.2) is 23.4 Å². The van der Waals surface area contributed by atoms with E-state index < -0.39 is 4.92 Å². The van der Waals surface area contributed by atoms with Crippen LogP contribution in [0.25, 0.3) is 0 Å². The number of hydrazone groups is 1. The van der Waals surface area contributed by atoms with E-state index in [2.05, 4.69) is 26.5 Å². The lowest BCUT2D eigenvalue weighted by Gasteiger charge is -2.06. The van der Waals surface area contributed by atoms with E-state index in [9.17, 15) is 15.2 Å². The number of phenols is 1. The standard InChI is InChI=1S/C14H12BrN3O4/c1-22-14-12(15)6-9(7-13(14)19)8-16-17-10-2-4-11(5-3-10)18(20)21/h2-8,17,19H,1H3/b16-8-. The van der Waals surface area contributed by atoms with Gasteiger partial charge in [0.15, 0.2) is 11.5 Å². The topological polar surface area (TPSA) is 97.0 Å². The molecule has 0 amide bonds. The number of non-ortho nitro benzene ring substituents is 1. The molecule has 8 heteroatoms. The zero-order chi connectivity index (χ0) is 16.1. The lowest BCUT2D eigenvalue weighted by molar-refractivity contribution is -0.384. The molecule has 0 saturated carbocycles. The molecular weight excluding hydrogens is 354 g/mol. The molecule has 0 aromatic heterocycles. The van der Waals surface area contributed by atoms with Gasteiger partial charge in [-0.2, -0.15) is 5.10 Å². The van der Waals surface area contributed by atoms with E-state index in [0.717, 1.165) is 0 Å². The molecule has 2 aromatic carbocycles. The van der Waals surface area contributed by atoms with Gasteiger partial charge in [0.25, 0.3) is 5.69 Å². The average molecular weight is 366 g/mol. The number of hydrogen-bond acceptors (Lipinski definition) is 6. The van der Waals surface area contributed by atoms with Crippen molar-refractivity contribution in [3.63, 3.8) is 0 Å². The summed E-state index contributed by atoms with van der Waals surface area (Å²) in [5.41, 5.74) is 4.02. The fourth-order valence-electron chi connectivity index (χ4n) is 1.71. The van der Waals surface area contributed by atoms with E-state index in [4.69, 9.17) is 4.74 Å². The van der Waals surface area contributed by atoms with Gasteiger partial charge >= 0.3 is 0 Å². The molecule has 0 atom stereocenters. The first-order chi connectivity index (χ1) is 10.5. The van der Waals surface area contributed by atoms with Crippen molar-refractivity contribution in [2.45, 2.75) is 0 Å². The van der Waals surface area contributed by atoms with Crippen LogP contribution in [0.1, 0.15) is 5.56 Å². The van der Waals surface area contributed by atoms with Gasteiger partial charge in [0.05, 0.1) is 28.4 Å². The summed E-state index contributed by atoms with van der Waals surface area (Å²) in [6.07, 6.45) is 1.51. The highest BCUT2D eigenvalue weighted by atomic mass is 79.9. The molecular formula is C14H12BrN3O4. The van der Waals surface area contributed by atoms with E-state index in [1.54, 1.807) is 18.2 Å². The molecule has 0 fully saturated rings. The first-order valence-electron chi connectivity index (χ1n) is 6.11. The van der Waals surface area contributed by atoms with E-state index in [-0.39, 0.29) is 11.4 Å². The van der Waals surface area contributed by atoms with Crippen molar-refractivity contribution in [1.29, 1.82) is 0 Å². The highest BCUT2D eigenvalue weighted by molar-refractivity contribution is 9.10. The van der Waals surface area contributed by atoms with Crippen LogP contribution >= 0.6 is 15.9 Å². The fourth-order valence-corrected chi connectivity index (χ4v) is 2.34. The van der Waals surface area contributed by atoms with Crippen LogP contribution in [0.4, 0.5) is 11.4 Å². The SMILES string of the molecule is COc1c(O)cc(/C=N\Nc2ccc([N+](=O)[O-])cc2)cc1Br. The number of phenolic OH excluding ortho intramolecular Hbond substituents is 1. The van der Waals surface area contributed by atoms with Gasteiger partial charge in [-0.15, -0.1) is 0 Å². The Morgan fingerprint density at radius 3 is 2.59 bits per heavy atom. The molecule has 7 nitrogen and oxygen atoms in total. The molecule has 0 heterocycles. The summed E-state index contributed by atoms with van der Waals surface area (Å²) in [6.45, 7) is 0. The Kier molecular flexibility index (Phi) is 4.95. The minimum atomic E-state index is -0.468. The largest absolute Gasteiger partial charge is 0.504 e. The number of halogens is 1. The molecule has 2 rings (SSSR count). The van der Waals surface area contributed by atoms with Crippen LogP contribution in [0.2, 0.25) is 0 Å². The van der Waals surface area contributed by atoms with Crippen molar-refractivity contribution in [3.05, 3.63) is 56.5 Å². The molecule has 0 bridgehead atoms. The number of anilines is 1. The number of aromatic hydroxyl groups is 1. The maximum Gasteiger partial charge on any atom is 0.269 e. The molecule has 0 saturated heterocycles. The maximum absolute atomic E-state index is 10.5. The monoisotopic (exact) mass is 365 g/mol. The van der Waals surface area contributed by atoms with Crippen molar-refractivity contribution in [1.82, 2.24) is 0 Å². The van der Waals surface area contributed by atoms with Crippen LogP contribution < -0.4 is 10.2 Å². The summed E-state index contributed by atoms with van der Waals surface area (Å²) in [6, 6.07) is 9.11. The summed E-state index contributed by atoms with van der Waals surface area (Å²) in [5.74, 6) is 0.342. The number of nitro groups is 1. The van der Waals surface area contributed by atoms with Crippen LogP contribution in [0.15, 0.2) is 46.0 Å². The van der Waals surface area contributed by atoms with Gasteiger partial charge < -0.3 is 9.84 Å². The average Bonchev–Trinajstić information content (AvgIpc) is 2.47. The quantitative estimate of drug-likeness (QED) is 0.480. The number of nitrogens with zero attached hydrogens (tertiary/aromatic N) is 2. The van der Waals surface area contributed by atoms with E-state index in [1.807, 2.05) is 0 Å². The Bertz CT molecular complexity index is 694. The molecule has 2 N–H and O–H groups in total. The number of nitro benzene ring substituents is 1.